The van der Waals surface area contributed by atoms with Gasteiger partial charge in [0.15, 0.2) is 0 Å². The van der Waals surface area contributed by atoms with Crippen molar-refractivity contribution in [1.29, 1.82) is 0 Å². The van der Waals surface area contributed by atoms with Crippen LogP contribution >= 0.6 is 24.8 Å². The molecule has 1 aliphatic carbocycles. The summed E-state index contributed by atoms with van der Waals surface area (Å²) in [5, 5.41) is 3.22. The Morgan fingerprint density at radius 3 is 2.62 bits per heavy atom. The van der Waals surface area contributed by atoms with Crippen molar-refractivity contribution >= 4 is 30.7 Å². The number of rotatable bonds is 4. The highest BCUT2D eigenvalue weighted by atomic mass is 35.5. The molecule has 3 N–H and O–H groups in total. The lowest BCUT2D eigenvalue weighted by molar-refractivity contribution is -0.127. The first-order valence-corrected chi connectivity index (χ1v) is 9.13. The van der Waals surface area contributed by atoms with E-state index in [4.69, 9.17) is 5.73 Å². The molecule has 0 spiro atoms. The summed E-state index contributed by atoms with van der Waals surface area (Å²) in [6.45, 7) is 2.44. The van der Waals surface area contributed by atoms with Gasteiger partial charge in [-0.15, -0.1) is 24.8 Å². The highest BCUT2D eigenvalue weighted by Crippen LogP contribution is 2.21. The molecule has 1 aliphatic heterocycles. The highest BCUT2D eigenvalue weighted by Gasteiger charge is 2.28. The van der Waals surface area contributed by atoms with E-state index in [-0.39, 0.29) is 48.5 Å². The molecule has 26 heavy (non-hydrogen) atoms. The maximum atomic E-state index is 13.3. The van der Waals surface area contributed by atoms with E-state index in [2.05, 4.69) is 10.2 Å². The number of nitrogens with one attached hydrogen (secondary N) is 1. The van der Waals surface area contributed by atoms with Crippen LogP contribution < -0.4 is 11.1 Å². The van der Waals surface area contributed by atoms with Crippen LogP contribution in [0.25, 0.3) is 0 Å². The molecule has 1 unspecified atom stereocenters. The van der Waals surface area contributed by atoms with Crippen molar-refractivity contribution in [2.24, 2.45) is 11.7 Å². The molecule has 0 radical (unpaired) electrons. The molecule has 1 atom stereocenters. The van der Waals surface area contributed by atoms with Crippen molar-refractivity contribution < 1.29 is 9.18 Å². The number of benzene rings is 1. The van der Waals surface area contributed by atoms with Crippen molar-refractivity contribution in [3.63, 3.8) is 0 Å². The van der Waals surface area contributed by atoms with Gasteiger partial charge in [0.05, 0.1) is 5.92 Å². The zero-order valence-corrected chi connectivity index (χ0v) is 16.7. The van der Waals surface area contributed by atoms with Crippen LogP contribution in [0.1, 0.15) is 44.1 Å². The van der Waals surface area contributed by atoms with E-state index in [9.17, 15) is 9.18 Å². The number of likely N-dealkylation sites (tertiary alicyclic amines) is 1. The Bertz CT molecular complexity index is 567. The second-order valence-corrected chi connectivity index (χ2v) is 7.32. The topological polar surface area (TPSA) is 58.4 Å². The summed E-state index contributed by atoms with van der Waals surface area (Å²) in [5.74, 6) is 0.0247. The van der Waals surface area contributed by atoms with Crippen molar-refractivity contribution in [2.75, 3.05) is 13.1 Å². The zero-order valence-electron chi connectivity index (χ0n) is 15.0. The van der Waals surface area contributed by atoms with E-state index >= 15 is 0 Å². The molecular weight excluding hydrogens is 376 g/mol. The maximum absolute atomic E-state index is 13.3. The number of nitrogens with zero attached hydrogens (tertiary/aromatic N) is 1. The highest BCUT2D eigenvalue weighted by molar-refractivity contribution is 5.85. The summed E-state index contributed by atoms with van der Waals surface area (Å²) in [6, 6.07) is 7.32. The quantitative estimate of drug-likeness (QED) is 0.807. The first kappa shape index (κ1) is 23.2. The summed E-state index contributed by atoms with van der Waals surface area (Å²) in [4.78, 5) is 14.8. The van der Waals surface area contributed by atoms with Gasteiger partial charge in [-0.3, -0.25) is 9.69 Å². The minimum absolute atomic E-state index is 0. The Kier molecular flexibility index (Phi) is 9.86. The molecule has 148 valence electrons. The van der Waals surface area contributed by atoms with Crippen LogP contribution in [-0.4, -0.2) is 36.0 Å². The smallest absolute Gasteiger partial charge is 0.224 e. The predicted molar refractivity (Wildman–Crippen MR) is 107 cm³/mol. The molecule has 2 aliphatic rings. The normalized spacial score (nSPS) is 26.3. The number of nitrogens with two attached hydrogens (primary N) is 1. The fraction of sp³-hybridized carbons (Fsp3) is 0.632. The van der Waals surface area contributed by atoms with E-state index in [0.29, 0.717) is 12.6 Å². The number of halogens is 3. The average Bonchev–Trinajstić information content (AvgIpc) is 2.57. The molecule has 1 amide bonds. The van der Waals surface area contributed by atoms with Crippen LogP contribution in [0.3, 0.4) is 0 Å². The van der Waals surface area contributed by atoms with E-state index in [1.807, 2.05) is 6.07 Å². The molecule has 7 heteroatoms. The van der Waals surface area contributed by atoms with Gasteiger partial charge in [-0.05, 0) is 62.8 Å². The van der Waals surface area contributed by atoms with Crippen LogP contribution in [-0.2, 0) is 11.3 Å². The van der Waals surface area contributed by atoms with Gasteiger partial charge in [-0.1, -0.05) is 12.1 Å². The van der Waals surface area contributed by atoms with Crippen LogP contribution in [0.15, 0.2) is 24.3 Å². The second kappa shape index (κ2) is 11.1. The third kappa shape index (κ3) is 6.69. The fourth-order valence-corrected chi connectivity index (χ4v) is 3.89. The first-order valence-electron chi connectivity index (χ1n) is 9.13. The molecule has 2 fully saturated rings. The third-order valence-corrected chi connectivity index (χ3v) is 5.29. The molecule has 1 saturated heterocycles. The van der Waals surface area contributed by atoms with Crippen molar-refractivity contribution in [3.8, 4) is 0 Å². The number of carbonyl (C=O) groups is 1. The number of hydrogen-bond acceptors (Lipinski definition) is 3. The van der Waals surface area contributed by atoms with Gasteiger partial charge >= 0.3 is 0 Å². The van der Waals surface area contributed by atoms with Gasteiger partial charge in [-0.25, -0.2) is 4.39 Å². The van der Waals surface area contributed by atoms with Crippen molar-refractivity contribution in [3.05, 3.63) is 35.6 Å². The predicted octanol–water partition coefficient (Wildman–Crippen LogP) is 3.27. The second-order valence-electron chi connectivity index (χ2n) is 7.32. The van der Waals surface area contributed by atoms with Crippen LogP contribution in [0.5, 0.6) is 0 Å². The number of carbonyl (C=O) groups excluding carboxylic acids is 1. The van der Waals surface area contributed by atoms with E-state index in [1.165, 1.54) is 6.07 Å². The number of piperidine rings is 1. The SMILES string of the molecule is Cl.Cl.NC1CCC(NC(=O)C2CCCN(Cc3cccc(F)c3)C2)CC1. The van der Waals surface area contributed by atoms with E-state index in [0.717, 1.165) is 57.2 Å². The molecule has 0 bridgehead atoms. The van der Waals surface area contributed by atoms with E-state index in [1.54, 1.807) is 12.1 Å². The summed E-state index contributed by atoms with van der Waals surface area (Å²) in [6.07, 6.45) is 5.95. The molecular formula is C19H30Cl2FN3O. The molecule has 1 aromatic carbocycles. The van der Waals surface area contributed by atoms with Crippen molar-refractivity contribution in [1.82, 2.24) is 10.2 Å². The Morgan fingerprint density at radius 1 is 1.19 bits per heavy atom. The minimum Gasteiger partial charge on any atom is -0.353 e. The Morgan fingerprint density at radius 2 is 1.92 bits per heavy atom. The van der Waals surface area contributed by atoms with Crippen LogP contribution in [0.2, 0.25) is 0 Å². The maximum Gasteiger partial charge on any atom is 0.224 e. The third-order valence-electron chi connectivity index (χ3n) is 5.29. The lowest BCUT2D eigenvalue weighted by atomic mass is 9.90. The Balaban J connectivity index is 0.00000169. The molecule has 0 aromatic heterocycles. The molecule has 1 saturated carbocycles. The first-order chi connectivity index (χ1) is 11.6. The fourth-order valence-electron chi connectivity index (χ4n) is 3.89. The number of hydrogen-bond donors (Lipinski definition) is 2. The van der Waals surface area contributed by atoms with Crippen LogP contribution in [0.4, 0.5) is 4.39 Å². The Hall–Kier alpha value is -0.880. The lowest BCUT2D eigenvalue weighted by Gasteiger charge is -2.34. The number of amides is 1. The minimum atomic E-state index is -0.200. The lowest BCUT2D eigenvalue weighted by Crippen LogP contribution is -2.47. The van der Waals surface area contributed by atoms with E-state index < -0.39 is 0 Å². The van der Waals surface area contributed by atoms with Gasteiger partial charge in [-0.2, -0.15) is 0 Å². The molecule has 1 heterocycles. The van der Waals surface area contributed by atoms with Gasteiger partial charge in [0.25, 0.3) is 0 Å². The summed E-state index contributed by atoms with van der Waals surface area (Å²) >= 11 is 0. The summed E-state index contributed by atoms with van der Waals surface area (Å²) in [5.41, 5.74) is 6.90. The largest absolute Gasteiger partial charge is 0.353 e. The molecule has 4 nitrogen and oxygen atoms in total. The molecule has 1 aromatic rings. The Labute approximate surface area is 167 Å². The standard InChI is InChI=1S/C19H28FN3O.2ClH/c20-16-5-1-3-14(11-16)12-23-10-2-4-15(13-23)19(24)22-18-8-6-17(21)7-9-18;;/h1,3,5,11,15,17-18H,2,4,6-10,12-13,21H2,(H,22,24);2*1H. The monoisotopic (exact) mass is 405 g/mol. The summed E-state index contributed by atoms with van der Waals surface area (Å²) in [7, 11) is 0. The van der Waals surface area contributed by atoms with Crippen molar-refractivity contribution in [2.45, 2.75) is 57.2 Å². The average molecular weight is 406 g/mol. The molecule has 3 rings (SSSR count). The van der Waals surface area contributed by atoms with Crippen LogP contribution in [0, 0.1) is 11.7 Å². The van der Waals surface area contributed by atoms with Gasteiger partial charge in [0.2, 0.25) is 5.91 Å². The van der Waals surface area contributed by atoms with Gasteiger partial charge in [0, 0.05) is 25.2 Å². The van der Waals surface area contributed by atoms with Gasteiger partial charge in [0.1, 0.15) is 5.82 Å². The van der Waals surface area contributed by atoms with Gasteiger partial charge < -0.3 is 11.1 Å². The zero-order chi connectivity index (χ0) is 16.9. The summed E-state index contributed by atoms with van der Waals surface area (Å²) < 4.78 is 13.3.